The Balaban J connectivity index is 1.55. The number of benzene rings is 2. The third-order valence-electron chi connectivity index (χ3n) is 5.44. The predicted octanol–water partition coefficient (Wildman–Crippen LogP) is 6.48. The number of rotatable bonds is 4. The lowest BCUT2D eigenvalue weighted by atomic mass is 9.82. The van der Waals surface area contributed by atoms with E-state index in [1.807, 2.05) is 31.2 Å². The van der Waals surface area contributed by atoms with Gasteiger partial charge in [-0.25, -0.2) is 4.79 Å². The highest BCUT2D eigenvalue weighted by molar-refractivity contribution is 7.43. The maximum atomic E-state index is 12.7. The molecule has 0 spiro atoms. The number of fused-ring (bicyclic) bond motifs is 1. The van der Waals surface area contributed by atoms with E-state index in [-0.39, 0.29) is 22.4 Å². The van der Waals surface area contributed by atoms with Crippen LogP contribution in [0.2, 0.25) is 0 Å². The molecular weight excluding hydrogens is 364 g/mol. The van der Waals surface area contributed by atoms with Crippen LogP contribution < -0.4 is 0 Å². The highest BCUT2D eigenvalue weighted by atomic mass is 32.2. The van der Waals surface area contributed by atoms with E-state index in [1.54, 1.807) is 0 Å². The van der Waals surface area contributed by atoms with Crippen LogP contribution in [-0.2, 0) is 4.74 Å². The summed E-state index contributed by atoms with van der Waals surface area (Å²) in [5, 5.41) is 3.49. The molecule has 0 saturated heterocycles. The summed E-state index contributed by atoms with van der Waals surface area (Å²) in [5.74, 6) is 2.42. The van der Waals surface area contributed by atoms with Crippen molar-refractivity contribution < 1.29 is 9.53 Å². The van der Waals surface area contributed by atoms with Gasteiger partial charge < -0.3 is 4.74 Å². The number of hydrogen-bond donors (Lipinski definition) is 0. The summed E-state index contributed by atoms with van der Waals surface area (Å²) >= 11 is 0. The second-order valence-electron chi connectivity index (χ2n) is 7.31. The molecular formula is C25H23O2S+. The first-order chi connectivity index (χ1) is 13.6. The Morgan fingerprint density at radius 1 is 1.18 bits per heavy atom. The molecule has 3 aromatic rings. The maximum absolute atomic E-state index is 12.7. The number of esters is 1. The van der Waals surface area contributed by atoms with Gasteiger partial charge in [-0.3, -0.25) is 0 Å². The van der Waals surface area contributed by atoms with Crippen LogP contribution in [0.1, 0.15) is 36.5 Å². The lowest BCUT2D eigenvalue weighted by Crippen LogP contribution is -2.38. The molecule has 1 heterocycles. The molecule has 0 aliphatic heterocycles. The Morgan fingerprint density at radius 2 is 1.96 bits per heavy atom. The van der Waals surface area contributed by atoms with Gasteiger partial charge in [0.05, 0.1) is 5.56 Å². The number of carbonyl (C=O) groups is 1. The molecule has 3 heteroatoms. The zero-order valence-corrected chi connectivity index (χ0v) is 16.7. The van der Waals surface area contributed by atoms with Gasteiger partial charge in [-0.2, -0.15) is 0 Å². The number of carbonyl (C=O) groups excluding carboxylic acids is 1. The summed E-state index contributed by atoms with van der Waals surface area (Å²) in [6.07, 6.45) is 13.0. The SMILES string of the molecule is C#CC(C)(OC(=O)c1ccc(-[s+]2ccc3ccccc32)cc1)C1C=CCCC1. The van der Waals surface area contributed by atoms with Crippen LogP contribution >= 0.6 is 10.5 Å². The van der Waals surface area contributed by atoms with Crippen LogP contribution in [0.4, 0.5) is 0 Å². The fourth-order valence-electron chi connectivity index (χ4n) is 3.71. The molecule has 0 saturated carbocycles. The van der Waals surface area contributed by atoms with E-state index < -0.39 is 5.60 Å². The van der Waals surface area contributed by atoms with Crippen LogP contribution in [0.25, 0.3) is 15.0 Å². The molecule has 0 amide bonds. The Bertz CT molecular complexity index is 1070. The quantitative estimate of drug-likeness (QED) is 0.221. The number of terminal acetylenes is 1. The highest BCUT2D eigenvalue weighted by Gasteiger charge is 2.35. The smallest absolute Gasteiger partial charge is 0.339 e. The monoisotopic (exact) mass is 387 g/mol. The lowest BCUT2D eigenvalue weighted by molar-refractivity contribution is -0.00291. The van der Waals surface area contributed by atoms with Gasteiger partial charge >= 0.3 is 5.97 Å². The Hall–Kier alpha value is -2.83. The second-order valence-corrected chi connectivity index (χ2v) is 9.17. The molecule has 1 aliphatic carbocycles. The van der Waals surface area contributed by atoms with E-state index >= 15 is 0 Å². The van der Waals surface area contributed by atoms with Gasteiger partial charge in [0.2, 0.25) is 0 Å². The van der Waals surface area contributed by atoms with E-state index in [0.29, 0.717) is 5.56 Å². The molecule has 0 radical (unpaired) electrons. The highest BCUT2D eigenvalue weighted by Crippen LogP contribution is 2.39. The first kappa shape index (κ1) is 18.5. The van der Waals surface area contributed by atoms with Crippen LogP contribution in [0.15, 0.2) is 72.1 Å². The van der Waals surface area contributed by atoms with Crippen LogP contribution in [0.5, 0.6) is 0 Å². The summed E-state index contributed by atoms with van der Waals surface area (Å²) < 4.78 is 7.12. The van der Waals surface area contributed by atoms with Crippen LogP contribution in [0.3, 0.4) is 0 Å². The Labute approximate surface area is 168 Å². The van der Waals surface area contributed by atoms with Crippen molar-refractivity contribution in [3.63, 3.8) is 0 Å². The fraction of sp³-hybridized carbons (Fsp3) is 0.240. The van der Waals surface area contributed by atoms with E-state index in [0.717, 1.165) is 19.3 Å². The summed E-state index contributed by atoms with van der Waals surface area (Å²) in [7, 11) is -0.0858. The molecule has 0 fully saturated rings. The number of allylic oxidation sites excluding steroid dienone is 1. The molecule has 3 unspecified atom stereocenters. The number of ether oxygens (including phenoxy) is 1. The van der Waals surface area contributed by atoms with Gasteiger partial charge in [-0.1, -0.05) is 30.2 Å². The van der Waals surface area contributed by atoms with Gasteiger partial charge in [-0.05, 0) is 62.6 Å². The normalized spacial score (nSPS) is 19.0. The molecule has 0 bridgehead atoms. The van der Waals surface area contributed by atoms with E-state index in [1.165, 1.54) is 15.0 Å². The second kappa shape index (κ2) is 7.66. The van der Waals surface area contributed by atoms with Crippen molar-refractivity contribution in [2.45, 2.75) is 31.8 Å². The lowest BCUT2D eigenvalue weighted by Gasteiger charge is -2.32. The van der Waals surface area contributed by atoms with Crippen molar-refractivity contribution in [3.8, 4) is 17.2 Å². The standard InChI is InChI=1S/C25H23O2S/c1-3-25(2,21-10-5-4-6-11-21)27-24(26)20-13-15-22(16-14-20)28-18-17-19-9-7-8-12-23(19)28/h1,5,7-10,12-18,21H,4,6,11H2,2H3/q+1. The summed E-state index contributed by atoms with van der Waals surface area (Å²) in [4.78, 5) is 13.9. The minimum Gasteiger partial charge on any atom is -0.442 e. The van der Waals surface area contributed by atoms with Gasteiger partial charge in [0, 0.05) is 27.8 Å². The van der Waals surface area contributed by atoms with Gasteiger partial charge in [-0.15, -0.1) is 6.42 Å². The third kappa shape index (κ3) is 3.48. The minimum absolute atomic E-state index is 0.0658. The van der Waals surface area contributed by atoms with Gasteiger partial charge in [0.25, 0.3) is 0 Å². The Morgan fingerprint density at radius 3 is 2.68 bits per heavy atom. The van der Waals surface area contributed by atoms with Gasteiger partial charge in [0.1, 0.15) is 5.38 Å². The summed E-state index contributed by atoms with van der Waals surface area (Å²) in [6.45, 7) is 1.83. The molecule has 2 nitrogen and oxygen atoms in total. The van der Waals surface area contributed by atoms with Crippen LogP contribution in [0, 0.1) is 18.3 Å². The summed E-state index contributed by atoms with van der Waals surface area (Å²) in [6, 6.07) is 18.3. The zero-order chi connectivity index (χ0) is 19.6. The van der Waals surface area contributed by atoms with Crippen LogP contribution in [-0.4, -0.2) is 11.6 Å². The molecule has 2 aromatic carbocycles. The van der Waals surface area contributed by atoms with Crippen molar-refractivity contribution in [3.05, 3.63) is 77.7 Å². The first-order valence-corrected chi connectivity index (χ1v) is 10.9. The van der Waals surface area contributed by atoms with Crippen molar-refractivity contribution in [1.29, 1.82) is 0 Å². The predicted molar refractivity (Wildman–Crippen MR) is 117 cm³/mol. The topological polar surface area (TPSA) is 26.3 Å². The average Bonchev–Trinajstić information content (AvgIpc) is 3.18. The first-order valence-electron chi connectivity index (χ1n) is 9.59. The maximum Gasteiger partial charge on any atom is 0.339 e. The van der Waals surface area contributed by atoms with Crippen molar-refractivity contribution >= 4 is 26.5 Å². The molecule has 0 N–H and O–H groups in total. The Kier molecular flexibility index (Phi) is 5.07. The van der Waals surface area contributed by atoms with E-state index in [9.17, 15) is 4.79 Å². The average molecular weight is 388 g/mol. The van der Waals surface area contributed by atoms with E-state index in [4.69, 9.17) is 11.2 Å². The summed E-state index contributed by atoms with van der Waals surface area (Å²) in [5.41, 5.74) is -0.383. The molecule has 1 aromatic heterocycles. The molecule has 140 valence electrons. The van der Waals surface area contributed by atoms with E-state index in [2.05, 4.69) is 53.8 Å². The van der Waals surface area contributed by atoms with Crippen molar-refractivity contribution in [2.75, 3.05) is 0 Å². The third-order valence-corrected chi connectivity index (χ3v) is 7.47. The minimum atomic E-state index is -0.915. The van der Waals surface area contributed by atoms with Crippen molar-refractivity contribution in [1.82, 2.24) is 0 Å². The fourth-order valence-corrected chi connectivity index (χ4v) is 5.60. The largest absolute Gasteiger partial charge is 0.442 e. The van der Waals surface area contributed by atoms with Crippen molar-refractivity contribution in [2.24, 2.45) is 5.92 Å². The molecule has 28 heavy (non-hydrogen) atoms. The number of thiophene rings is 1. The number of hydrogen-bond acceptors (Lipinski definition) is 2. The van der Waals surface area contributed by atoms with Gasteiger partial charge in [0.15, 0.2) is 15.2 Å². The molecule has 3 atom stereocenters. The molecule has 1 aliphatic rings. The molecule has 4 rings (SSSR count). The zero-order valence-electron chi connectivity index (χ0n) is 15.9.